The minimum absolute atomic E-state index is 0.000365. The molecule has 7 nitrogen and oxygen atoms in total. The summed E-state index contributed by atoms with van der Waals surface area (Å²) in [4.78, 5) is 13.1. The number of halogens is 1. The van der Waals surface area contributed by atoms with Gasteiger partial charge in [-0.15, -0.1) is 0 Å². The van der Waals surface area contributed by atoms with Gasteiger partial charge < -0.3 is 5.32 Å². The highest BCUT2D eigenvalue weighted by Gasteiger charge is 2.29. The van der Waals surface area contributed by atoms with Crippen molar-refractivity contribution in [2.45, 2.75) is 49.6 Å². The van der Waals surface area contributed by atoms with Crippen molar-refractivity contribution in [3.8, 4) is 0 Å². The molecule has 174 valence electrons. The maximum Gasteiger partial charge on any atom is 0.256 e. The van der Waals surface area contributed by atoms with Gasteiger partial charge in [-0.2, -0.15) is 9.40 Å². The first-order valence-electron chi connectivity index (χ1n) is 11.0. The van der Waals surface area contributed by atoms with Gasteiger partial charge in [0.1, 0.15) is 5.82 Å². The van der Waals surface area contributed by atoms with Crippen LogP contribution < -0.4 is 5.32 Å². The fraction of sp³-hybridized carbons (Fsp3) is 0.333. The Hall–Kier alpha value is -2.68. The van der Waals surface area contributed by atoms with E-state index in [2.05, 4.69) is 10.4 Å². The number of amides is 1. The zero-order chi connectivity index (χ0) is 23.4. The number of hydrogen-bond acceptors (Lipinski definition) is 4. The lowest BCUT2D eigenvalue weighted by atomic mass is 9.96. The number of carbonyl (C=O) groups is 1. The molecule has 0 unspecified atom stereocenters. The second-order valence-electron chi connectivity index (χ2n) is 8.26. The number of anilines is 1. The summed E-state index contributed by atoms with van der Waals surface area (Å²) in [6, 6.07) is 15.3. The highest BCUT2D eigenvalue weighted by atomic mass is 35.5. The van der Waals surface area contributed by atoms with Crippen molar-refractivity contribution in [3.63, 3.8) is 0 Å². The van der Waals surface area contributed by atoms with E-state index in [1.54, 1.807) is 42.2 Å². The van der Waals surface area contributed by atoms with Gasteiger partial charge in [-0.05, 0) is 42.7 Å². The molecule has 0 spiro atoms. The van der Waals surface area contributed by atoms with Crippen LogP contribution in [0.15, 0.2) is 65.7 Å². The van der Waals surface area contributed by atoms with Crippen molar-refractivity contribution in [1.29, 1.82) is 0 Å². The molecule has 1 heterocycles. The molecule has 2 aromatic carbocycles. The average molecular weight is 487 g/mol. The monoisotopic (exact) mass is 486 g/mol. The third-order valence-corrected chi connectivity index (χ3v) is 8.37. The van der Waals surface area contributed by atoms with E-state index < -0.39 is 15.9 Å². The van der Waals surface area contributed by atoms with Crippen LogP contribution in [0.4, 0.5) is 5.82 Å². The van der Waals surface area contributed by atoms with Gasteiger partial charge in [-0.1, -0.05) is 55.1 Å². The lowest BCUT2D eigenvalue weighted by Crippen LogP contribution is -2.38. The van der Waals surface area contributed by atoms with E-state index in [-0.39, 0.29) is 16.5 Å². The van der Waals surface area contributed by atoms with Gasteiger partial charge in [0, 0.05) is 29.7 Å². The van der Waals surface area contributed by atoms with E-state index in [0.29, 0.717) is 17.4 Å². The molecule has 33 heavy (non-hydrogen) atoms. The normalized spacial score (nSPS) is 15.0. The number of rotatable bonds is 7. The lowest BCUT2D eigenvalue weighted by molar-refractivity contribution is 0.102. The Kier molecular flexibility index (Phi) is 7.17. The quantitative estimate of drug-likeness (QED) is 0.520. The van der Waals surface area contributed by atoms with Gasteiger partial charge >= 0.3 is 0 Å². The number of sulfonamides is 1. The molecule has 1 fully saturated rings. The number of hydrogen-bond donors (Lipinski definition) is 1. The smallest absolute Gasteiger partial charge is 0.256 e. The third kappa shape index (κ3) is 5.29. The predicted octanol–water partition coefficient (Wildman–Crippen LogP) is 4.79. The van der Waals surface area contributed by atoms with Gasteiger partial charge in [0.05, 0.1) is 17.6 Å². The summed E-state index contributed by atoms with van der Waals surface area (Å²) in [5.41, 5.74) is 1.14. The summed E-state index contributed by atoms with van der Waals surface area (Å²) in [6.07, 6.45) is 6.54. The average Bonchev–Trinajstić information content (AvgIpc) is 3.27. The lowest BCUT2D eigenvalue weighted by Gasteiger charge is -2.30. The van der Waals surface area contributed by atoms with Crippen LogP contribution in [0.25, 0.3) is 0 Å². The van der Waals surface area contributed by atoms with Crippen molar-refractivity contribution in [3.05, 3.63) is 76.9 Å². The second-order valence-corrected chi connectivity index (χ2v) is 10.7. The van der Waals surface area contributed by atoms with Crippen LogP contribution in [0, 0.1) is 0 Å². The Bertz CT molecular complexity index is 1240. The highest BCUT2D eigenvalue weighted by Crippen LogP contribution is 2.27. The van der Waals surface area contributed by atoms with Gasteiger partial charge in [-0.25, -0.2) is 13.1 Å². The third-order valence-electron chi connectivity index (χ3n) is 6.10. The summed E-state index contributed by atoms with van der Waals surface area (Å²) >= 11 is 6.25. The molecule has 0 atom stereocenters. The Morgan fingerprint density at radius 2 is 1.88 bits per heavy atom. The van der Waals surface area contributed by atoms with E-state index >= 15 is 0 Å². The van der Waals surface area contributed by atoms with Crippen LogP contribution in [-0.4, -0.2) is 41.5 Å². The molecule has 0 saturated heterocycles. The fourth-order valence-corrected chi connectivity index (χ4v) is 5.80. The van der Waals surface area contributed by atoms with E-state index in [1.165, 1.54) is 16.4 Å². The van der Waals surface area contributed by atoms with Crippen LogP contribution in [0.3, 0.4) is 0 Å². The zero-order valence-electron chi connectivity index (χ0n) is 18.4. The molecular weight excluding hydrogens is 460 g/mol. The first-order chi connectivity index (χ1) is 15.9. The number of benzene rings is 2. The highest BCUT2D eigenvalue weighted by molar-refractivity contribution is 7.89. The molecule has 4 rings (SSSR count). The van der Waals surface area contributed by atoms with Gasteiger partial charge in [0.15, 0.2) is 0 Å². The van der Waals surface area contributed by atoms with Gasteiger partial charge in [0.25, 0.3) is 5.91 Å². The van der Waals surface area contributed by atoms with Crippen molar-refractivity contribution >= 4 is 33.3 Å². The first-order valence-corrected chi connectivity index (χ1v) is 12.8. The Labute approximate surface area is 199 Å². The van der Waals surface area contributed by atoms with Crippen molar-refractivity contribution < 1.29 is 13.2 Å². The van der Waals surface area contributed by atoms with Crippen molar-refractivity contribution in [2.24, 2.45) is 0 Å². The molecule has 1 amide bonds. The topological polar surface area (TPSA) is 84.3 Å². The van der Waals surface area contributed by atoms with Gasteiger partial charge in [-0.3, -0.25) is 4.79 Å². The van der Waals surface area contributed by atoms with E-state index in [0.717, 1.165) is 37.7 Å². The molecule has 0 radical (unpaired) electrons. The number of aromatic nitrogens is 2. The zero-order valence-corrected chi connectivity index (χ0v) is 20.0. The SMILES string of the molecule is CN(C1CCCCC1)S(=O)(=O)c1cccc(C(=O)Nc2ccnn2Cc2ccccc2Cl)c1. The second kappa shape index (κ2) is 10.1. The maximum atomic E-state index is 13.2. The van der Waals surface area contributed by atoms with Crippen LogP contribution in [0.2, 0.25) is 5.02 Å². The van der Waals surface area contributed by atoms with Crippen molar-refractivity contribution in [2.75, 3.05) is 12.4 Å². The molecule has 1 aliphatic rings. The van der Waals surface area contributed by atoms with Gasteiger partial charge in [0.2, 0.25) is 10.0 Å². The van der Waals surface area contributed by atoms with Crippen LogP contribution >= 0.6 is 11.6 Å². The first kappa shape index (κ1) is 23.5. The van der Waals surface area contributed by atoms with Crippen LogP contribution in [0.1, 0.15) is 48.0 Å². The maximum absolute atomic E-state index is 13.2. The molecule has 0 bridgehead atoms. The Morgan fingerprint density at radius 3 is 2.64 bits per heavy atom. The predicted molar refractivity (Wildman–Crippen MR) is 129 cm³/mol. The summed E-state index contributed by atoms with van der Waals surface area (Å²) in [6.45, 7) is 0.392. The Morgan fingerprint density at radius 1 is 1.12 bits per heavy atom. The fourth-order valence-electron chi connectivity index (χ4n) is 4.15. The summed E-state index contributed by atoms with van der Waals surface area (Å²) in [7, 11) is -2.06. The molecule has 1 aliphatic carbocycles. The largest absolute Gasteiger partial charge is 0.307 e. The molecule has 1 saturated carbocycles. The number of nitrogens with one attached hydrogen (secondary N) is 1. The molecule has 1 aromatic heterocycles. The summed E-state index contributed by atoms with van der Waals surface area (Å²) in [5.74, 6) is 0.0841. The van der Waals surface area contributed by atoms with Crippen LogP contribution in [-0.2, 0) is 16.6 Å². The van der Waals surface area contributed by atoms with Crippen molar-refractivity contribution in [1.82, 2.24) is 14.1 Å². The minimum atomic E-state index is -3.69. The van der Waals surface area contributed by atoms with E-state index in [4.69, 9.17) is 11.6 Å². The van der Waals surface area contributed by atoms with E-state index in [9.17, 15) is 13.2 Å². The van der Waals surface area contributed by atoms with Crippen LogP contribution in [0.5, 0.6) is 0 Å². The van der Waals surface area contributed by atoms with E-state index in [1.807, 2.05) is 18.2 Å². The number of nitrogens with zero attached hydrogens (tertiary/aromatic N) is 3. The molecular formula is C24H27ClN4O3S. The molecule has 0 aliphatic heterocycles. The Balaban J connectivity index is 1.51. The summed E-state index contributed by atoms with van der Waals surface area (Å²) in [5, 5.41) is 7.72. The number of carbonyl (C=O) groups excluding carboxylic acids is 1. The summed E-state index contributed by atoms with van der Waals surface area (Å²) < 4.78 is 29.5. The molecule has 1 N–H and O–H groups in total. The standard InChI is InChI=1S/C24H27ClN4O3S/c1-28(20-10-3-2-4-11-20)33(31,32)21-12-7-9-18(16-21)24(30)27-23-14-15-26-29(23)17-19-8-5-6-13-22(19)25/h5-9,12-16,20H,2-4,10-11,17H2,1H3,(H,27,30). The minimum Gasteiger partial charge on any atom is -0.307 e. The molecule has 9 heteroatoms. The molecule has 3 aromatic rings.